The van der Waals surface area contributed by atoms with Crippen molar-refractivity contribution in [2.24, 2.45) is 5.92 Å². The minimum absolute atomic E-state index is 0.154. The van der Waals surface area contributed by atoms with Crippen molar-refractivity contribution in [3.63, 3.8) is 0 Å². The predicted molar refractivity (Wildman–Crippen MR) is 130 cm³/mol. The maximum atomic E-state index is 13.2. The fraction of sp³-hybridized carbons (Fsp3) is 0.423. The number of non-ortho nitro benzene ring substituents is 1. The highest BCUT2D eigenvalue weighted by atomic mass is 19.1. The van der Waals surface area contributed by atoms with Gasteiger partial charge in [0.2, 0.25) is 5.91 Å². The minimum Gasteiger partial charge on any atom is -0.351 e. The lowest BCUT2D eigenvalue weighted by Gasteiger charge is -2.36. The smallest absolute Gasteiger partial charge is 0.270 e. The quantitative estimate of drug-likeness (QED) is 0.469. The number of carbonyl (C=O) groups excluding carboxylic acids is 3. The van der Waals surface area contributed by atoms with Crippen LogP contribution in [0.15, 0.2) is 48.5 Å². The van der Waals surface area contributed by atoms with Gasteiger partial charge in [0.1, 0.15) is 5.82 Å². The van der Waals surface area contributed by atoms with Crippen molar-refractivity contribution >= 4 is 23.4 Å². The second-order valence-electron chi connectivity index (χ2n) is 9.38. The third-order valence-corrected chi connectivity index (χ3v) is 6.90. The molecule has 0 spiro atoms. The SMILES string of the molecule is O=C(N[C@@H]1CCCC[C@H]1NC(=O)C1CCCN(C(=O)c2cccc([N+](=O)[O-])c2)C1)c1ccc(F)cc1. The van der Waals surface area contributed by atoms with E-state index in [1.165, 1.54) is 48.5 Å². The Morgan fingerprint density at radius 2 is 1.61 bits per heavy atom. The van der Waals surface area contributed by atoms with E-state index in [1.54, 1.807) is 4.90 Å². The fourth-order valence-electron chi connectivity index (χ4n) is 4.94. The summed E-state index contributed by atoms with van der Waals surface area (Å²) in [7, 11) is 0. The van der Waals surface area contributed by atoms with Crippen molar-refractivity contribution in [1.29, 1.82) is 0 Å². The van der Waals surface area contributed by atoms with Gasteiger partial charge in [-0.15, -0.1) is 0 Å². The number of nitrogens with zero attached hydrogens (tertiary/aromatic N) is 2. The van der Waals surface area contributed by atoms with Gasteiger partial charge in [-0.25, -0.2) is 4.39 Å². The van der Waals surface area contributed by atoms with Crippen molar-refractivity contribution < 1.29 is 23.7 Å². The number of nitro groups is 1. The molecule has 10 heteroatoms. The lowest BCUT2D eigenvalue weighted by atomic mass is 9.88. The van der Waals surface area contributed by atoms with E-state index < -0.39 is 16.7 Å². The number of hydrogen-bond acceptors (Lipinski definition) is 5. The molecule has 3 amide bonds. The van der Waals surface area contributed by atoms with Crippen LogP contribution in [-0.2, 0) is 4.79 Å². The molecule has 2 fully saturated rings. The van der Waals surface area contributed by atoms with Crippen LogP contribution in [0.3, 0.4) is 0 Å². The van der Waals surface area contributed by atoms with Crippen LogP contribution in [0.4, 0.5) is 10.1 Å². The third kappa shape index (κ3) is 6.05. The molecule has 36 heavy (non-hydrogen) atoms. The molecule has 2 N–H and O–H groups in total. The first-order valence-electron chi connectivity index (χ1n) is 12.2. The Balaban J connectivity index is 1.37. The van der Waals surface area contributed by atoms with Gasteiger partial charge in [-0.3, -0.25) is 24.5 Å². The summed E-state index contributed by atoms with van der Waals surface area (Å²) in [5, 5.41) is 17.1. The van der Waals surface area contributed by atoms with Gasteiger partial charge < -0.3 is 15.5 Å². The molecule has 9 nitrogen and oxygen atoms in total. The second-order valence-corrected chi connectivity index (χ2v) is 9.38. The Morgan fingerprint density at radius 1 is 0.917 bits per heavy atom. The molecule has 4 rings (SSSR count). The number of rotatable bonds is 6. The monoisotopic (exact) mass is 496 g/mol. The van der Waals surface area contributed by atoms with Crippen LogP contribution in [0.1, 0.15) is 59.2 Å². The summed E-state index contributed by atoms with van der Waals surface area (Å²) in [6.45, 7) is 0.706. The second kappa shape index (κ2) is 11.3. The highest BCUT2D eigenvalue weighted by molar-refractivity contribution is 5.95. The van der Waals surface area contributed by atoms with E-state index >= 15 is 0 Å². The van der Waals surface area contributed by atoms with E-state index in [0.717, 1.165) is 25.7 Å². The number of piperidine rings is 1. The number of hydrogen-bond donors (Lipinski definition) is 2. The Hall–Kier alpha value is -3.82. The molecule has 1 aliphatic carbocycles. The summed E-state index contributed by atoms with van der Waals surface area (Å²) in [5.41, 5.74) is 0.425. The Labute approximate surface area is 208 Å². The van der Waals surface area contributed by atoms with Crippen LogP contribution >= 0.6 is 0 Å². The molecule has 1 saturated heterocycles. The number of halogens is 1. The Bertz CT molecular complexity index is 1140. The van der Waals surface area contributed by atoms with Crippen LogP contribution in [0, 0.1) is 21.8 Å². The number of nitro benzene ring substituents is 1. The minimum atomic E-state index is -0.543. The largest absolute Gasteiger partial charge is 0.351 e. The van der Waals surface area contributed by atoms with Gasteiger partial charge in [0.05, 0.1) is 10.8 Å². The van der Waals surface area contributed by atoms with Crippen LogP contribution in [-0.4, -0.2) is 52.7 Å². The summed E-state index contributed by atoms with van der Waals surface area (Å²) < 4.78 is 13.2. The van der Waals surface area contributed by atoms with E-state index in [9.17, 15) is 28.9 Å². The van der Waals surface area contributed by atoms with Gasteiger partial charge in [-0.1, -0.05) is 18.9 Å². The molecular formula is C26H29FN4O5. The van der Waals surface area contributed by atoms with E-state index in [2.05, 4.69) is 10.6 Å². The third-order valence-electron chi connectivity index (χ3n) is 6.90. The van der Waals surface area contributed by atoms with Crippen LogP contribution < -0.4 is 10.6 Å². The van der Waals surface area contributed by atoms with Gasteiger partial charge in [0.25, 0.3) is 17.5 Å². The highest BCUT2D eigenvalue weighted by Crippen LogP contribution is 2.23. The van der Waals surface area contributed by atoms with Gasteiger partial charge in [-0.2, -0.15) is 0 Å². The van der Waals surface area contributed by atoms with Crippen LogP contribution in [0.2, 0.25) is 0 Å². The standard InChI is InChI=1S/C26H29FN4O5/c27-20-12-10-17(11-13-20)24(32)28-22-8-1-2-9-23(22)29-25(33)19-6-4-14-30(16-19)26(34)18-5-3-7-21(15-18)31(35)36/h3,5,7,10-13,15,19,22-23H,1-2,4,6,8-9,14,16H2,(H,28,32)(H,29,33)/t19?,22-,23-/m1/s1. The first-order valence-corrected chi connectivity index (χ1v) is 12.2. The summed E-state index contributed by atoms with van der Waals surface area (Å²) in [6.07, 6.45) is 4.58. The molecule has 3 atom stereocenters. The van der Waals surface area contributed by atoms with Gasteiger partial charge in [-0.05, 0) is 56.0 Å². The zero-order chi connectivity index (χ0) is 25.7. The molecular weight excluding hydrogens is 467 g/mol. The number of likely N-dealkylation sites (tertiary alicyclic amines) is 1. The molecule has 1 unspecified atom stereocenters. The fourth-order valence-corrected chi connectivity index (χ4v) is 4.94. The van der Waals surface area contributed by atoms with Crippen molar-refractivity contribution in [2.75, 3.05) is 13.1 Å². The first kappa shape index (κ1) is 25.3. The van der Waals surface area contributed by atoms with Gasteiger partial charge in [0, 0.05) is 48.4 Å². The number of nitrogens with one attached hydrogen (secondary N) is 2. The Morgan fingerprint density at radius 3 is 2.31 bits per heavy atom. The van der Waals surface area contributed by atoms with Gasteiger partial charge in [0.15, 0.2) is 0 Å². The number of carbonyl (C=O) groups is 3. The zero-order valence-corrected chi connectivity index (χ0v) is 19.8. The normalized spacial score (nSPS) is 21.9. The molecule has 0 bridgehead atoms. The van der Waals surface area contributed by atoms with E-state index in [4.69, 9.17) is 0 Å². The molecule has 2 aliphatic rings. The zero-order valence-electron chi connectivity index (χ0n) is 19.8. The van der Waals surface area contributed by atoms with E-state index in [-0.39, 0.29) is 47.6 Å². The summed E-state index contributed by atoms with van der Waals surface area (Å²) >= 11 is 0. The average Bonchev–Trinajstić information content (AvgIpc) is 2.89. The molecule has 2 aromatic rings. The van der Waals surface area contributed by atoms with Crippen molar-refractivity contribution in [1.82, 2.24) is 15.5 Å². The van der Waals surface area contributed by atoms with Gasteiger partial charge >= 0.3 is 0 Å². The van der Waals surface area contributed by atoms with Crippen molar-refractivity contribution in [3.05, 3.63) is 75.6 Å². The van der Waals surface area contributed by atoms with Crippen molar-refractivity contribution in [3.8, 4) is 0 Å². The molecule has 0 radical (unpaired) electrons. The molecule has 1 aliphatic heterocycles. The molecule has 1 heterocycles. The maximum absolute atomic E-state index is 13.2. The Kier molecular flexibility index (Phi) is 7.92. The molecule has 0 aromatic heterocycles. The first-order chi connectivity index (χ1) is 17.3. The summed E-state index contributed by atoms with van der Waals surface area (Å²) in [5.74, 6) is -1.64. The number of amides is 3. The topological polar surface area (TPSA) is 122 Å². The summed E-state index contributed by atoms with van der Waals surface area (Å²) in [4.78, 5) is 50.9. The molecule has 190 valence electrons. The average molecular weight is 497 g/mol. The molecule has 2 aromatic carbocycles. The maximum Gasteiger partial charge on any atom is 0.270 e. The lowest BCUT2D eigenvalue weighted by Crippen LogP contribution is -2.55. The van der Waals surface area contributed by atoms with Crippen LogP contribution in [0.25, 0.3) is 0 Å². The number of benzene rings is 2. The summed E-state index contributed by atoms with van der Waals surface area (Å²) in [6, 6.07) is 10.4. The molecule has 1 saturated carbocycles. The lowest BCUT2D eigenvalue weighted by molar-refractivity contribution is -0.384. The van der Waals surface area contributed by atoms with E-state index in [1.807, 2.05) is 0 Å². The highest BCUT2D eigenvalue weighted by Gasteiger charge is 2.33. The predicted octanol–water partition coefficient (Wildman–Crippen LogP) is 3.44. The van der Waals surface area contributed by atoms with E-state index in [0.29, 0.717) is 24.9 Å². The van der Waals surface area contributed by atoms with Crippen molar-refractivity contribution in [2.45, 2.75) is 50.6 Å². The van der Waals surface area contributed by atoms with Crippen LogP contribution in [0.5, 0.6) is 0 Å².